The van der Waals surface area contributed by atoms with Gasteiger partial charge >= 0.3 is 0 Å². The van der Waals surface area contributed by atoms with Crippen molar-refractivity contribution in [3.63, 3.8) is 0 Å². The summed E-state index contributed by atoms with van der Waals surface area (Å²) in [6.45, 7) is -1.42. The van der Waals surface area contributed by atoms with Crippen LogP contribution in [0.25, 0.3) is 110 Å². The summed E-state index contributed by atoms with van der Waals surface area (Å²) in [6.07, 6.45) is 1.89. The van der Waals surface area contributed by atoms with Crippen LogP contribution in [0.2, 0.25) is 0 Å². The van der Waals surface area contributed by atoms with Crippen LogP contribution in [0.15, 0.2) is 218 Å². The second-order valence-corrected chi connectivity index (χ2v) is 19.5. The van der Waals surface area contributed by atoms with Crippen molar-refractivity contribution in [1.29, 1.82) is 0 Å². The Balaban J connectivity index is 0.00000650. The maximum atomic E-state index is 9.16. The van der Waals surface area contributed by atoms with Gasteiger partial charge < -0.3 is 32.8 Å². The van der Waals surface area contributed by atoms with Gasteiger partial charge in [-0.1, -0.05) is 121 Å². The van der Waals surface area contributed by atoms with Gasteiger partial charge in [0.15, 0.2) is 0 Å². The minimum absolute atomic E-state index is 0. The molecule has 15 aromatic rings. The smallest absolute Gasteiger partial charge is 0.135 e. The van der Waals surface area contributed by atoms with E-state index in [0.29, 0.717) is 105 Å². The Labute approximate surface area is 478 Å². The Morgan fingerprint density at radius 2 is 1.15 bits per heavy atom. The van der Waals surface area contributed by atoms with Gasteiger partial charge in [-0.25, -0.2) is 4.98 Å². The van der Waals surface area contributed by atoms with Crippen LogP contribution < -0.4 is 14.5 Å². The third-order valence-electron chi connectivity index (χ3n) is 15.3. The fourth-order valence-corrected chi connectivity index (χ4v) is 11.9. The average molecular weight is 1190 g/mol. The van der Waals surface area contributed by atoms with Crippen molar-refractivity contribution in [2.45, 2.75) is 6.92 Å². The first-order chi connectivity index (χ1) is 42.0. The number of pyridine rings is 1. The quantitative estimate of drug-likeness (QED) is 0.149. The number of ether oxygens (including phenoxy) is 1. The molecular weight excluding hydrogens is 1140 g/mol. The molecule has 0 N–H and O–H groups in total. The van der Waals surface area contributed by atoms with Crippen LogP contribution in [0.1, 0.15) is 19.3 Å². The van der Waals surface area contributed by atoms with E-state index >= 15 is 0 Å². The van der Waals surface area contributed by atoms with Crippen LogP contribution in [0.4, 0.5) is 22.7 Å². The molecule has 5 aromatic heterocycles. The van der Waals surface area contributed by atoms with Gasteiger partial charge in [-0.2, -0.15) is 12.1 Å². The van der Waals surface area contributed by atoms with Gasteiger partial charge in [0, 0.05) is 132 Å². The van der Waals surface area contributed by atoms with E-state index in [0.717, 1.165) is 44.2 Å². The summed E-state index contributed by atoms with van der Waals surface area (Å²) < 4.78 is 103. The molecule has 0 saturated carbocycles. The minimum Gasteiger partial charge on any atom is -0.509 e. The summed E-state index contributed by atoms with van der Waals surface area (Å²) in [6, 6.07) is 65.9. The van der Waals surface area contributed by atoms with E-state index in [1.165, 1.54) is 9.13 Å². The first-order valence-electron chi connectivity index (χ1n) is 30.3. The summed E-state index contributed by atoms with van der Waals surface area (Å²) in [5.41, 5.74) is 10.4. The van der Waals surface area contributed by atoms with E-state index in [2.05, 4.69) is 41.8 Å². The van der Waals surface area contributed by atoms with Crippen LogP contribution in [0.3, 0.4) is 0 Å². The minimum atomic E-state index is -2.67. The van der Waals surface area contributed by atoms with Gasteiger partial charge in [0.25, 0.3) is 0 Å². The molecule has 0 saturated heterocycles. The molecule has 0 unspecified atom stereocenters. The molecular formula is C69H46N7OPt-3. The van der Waals surface area contributed by atoms with E-state index in [9.17, 15) is 0 Å². The molecule has 0 bridgehead atoms. The van der Waals surface area contributed by atoms with Gasteiger partial charge in [-0.15, -0.1) is 48.1 Å². The van der Waals surface area contributed by atoms with Gasteiger partial charge in [-0.3, -0.25) is 0 Å². The Hall–Kier alpha value is -9.36. The zero-order chi connectivity index (χ0) is 59.5. The monoisotopic (exact) mass is 1190 g/mol. The second-order valence-electron chi connectivity index (χ2n) is 19.5. The van der Waals surface area contributed by atoms with Crippen molar-refractivity contribution in [3.05, 3.63) is 243 Å². The van der Waals surface area contributed by atoms with Crippen LogP contribution in [-0.2, 0) is 35.0 Å². The van der Waals surface area contributed by atoms with Crippen LogP contribution in [0.5, 0.6) is 11.5 Å². The topological polar surface area (TPSA) is 48.3 Å². The van der Waals surface area contributed by atoms with Gasteiger partial charge in [0.2, 0.25) is 0 Å². The molecule has 0 atom stereocenters. The Morgan fingerprint density at radius 1 is 0.513 bits per heavy atom. The fraction of sp³-hybridized carbons (Fsp3) is 0.0435. The number of anilines is 4. The Bertz CT molecular complexity index is 5330. The molecule has 0 aliphatic carbocycles. The molecule has 0 amide bonds. The molecule has 0 radical (unpaired) electrons. The zero-order valence-electron chi connectivity index (χ0n) is 51.4. The van der Waals surface area contributed by atoms with E-state index < -0.39 is 14.0 Å². The molecule has 78 heavy (non-hydrogen) atoms. The first kappa shape index (κ1) is 36.6. The Morgan fingerprint density at radius 3 is 1.88 bits per heavy atom. The third-order valence-corrected chi connectivity index (χ3v) is 15.3. The molecule has 376 valence electrons. The van der Waals surface area contributed by atoms with E-state index in [-0.39, 0.29) is 45.2 Å². The SMILES string of the molecule is [2H]c1c([2H])c([2H])c2c(c1[2H])c1ccccc1n2-c1ccc2c(c1)c1ccc(Oc3[c-]c(N4[CH-]N(c5c6c(cc7c8ccccc8n(C([2H])([2H])[2H])c57)c5ccccc5n6C([2H])([2H])[2H])c5ccccc54)ccc3)[c-]c1n2-c1cc(C)c(-c2ccccc2)cn1.[Pt]. The summed E-state index contributed by atoms with van der Waals surface area (Å²) >= 11 is 0. The molecule has 10 aromatic carbocycles. The molecule has 16 rings (SSSR count). The number of nitrogens with zero attached hydrogens (tertiary/aromatic N) is 7. The molecule has 1 aliphatic heterocycles. The standard InChI is InChI=1S/C69H46N7O.Pt/c1-43-36-66(70-41-57(43)44-18-5-4-6-19-44)76-62-35-32-46(75-60-28-13-9-22-49(60)50-23-10-14-29-61(50)75)38-54(62)53-34-33-48(39-65(53)76)77-47-21-17-20-45(37-47)73-42-74(64-31-16-15-30-63(64)73)69-67-55(51-24-7-11-26-58(51)71(67)2)40-56-52-25-8-12-27-59(52)72(3)68(56)69;/h4-36,38,40-42H,1-3H3;/q-3;/i2D3,3D3,9D,13D,22D,28D;. The normalized spacial score (nSPS) is 14.8. The third kappa shape index (κ3) is 6.72. The van der Waals surface area contributed by atoms with Gasteiger partial charge in [-0.05, 0) is 90.1 Å². The predicted octanol–water partition coefficient (Wildman–Crippen LogP) is 17.3. The maximum absolute atomic E-state index is 9.16. The van der Waals surface area contributed by atoms with Crippen LogP contribution in [-0.4, -0.2) is 23.3 Å². The number of rotatable bonds is 7. The number of aromatic nitrogens is 5. The summed E-state index contributed by atoms with van der Waals surface area (Å²) in [4.78, 5) is 8.93. The Kier molecular flexibility index (Phi) is 8.26. The molecule has 0 fully saturated rings. The van der Waals surface area contributed by atoms with Crippen molar-refractivity contribution in [2.75, 3.05) is 9.80 Å². The van der Waals surface area contributed by atoms with E-state index in [1.54, 1.807) is 12.1 Å². The number of benzene rings is 10. The number of hydrogen-bond donors (Lipinski definition) is 0. The summed E-state index contributed by atoms with van der Waals surface area (Å²) in [5, 5.41) is 5.58. The van der Waals surface area contributed by atoms with E-state index in [4.69, 9.17) is 23.4 Å². The first-order valence-corrected chi connectivity index (χ1v) is 25.3. The van der Waals surface area contributed by atoms with Gasteiger partial charge in [0.1, 0.15) is 5.82 Å². The number of aryl methyl sites for hydroxylation is 3. The largest absolute Gasteiger partial charge is 0.509 e. The average Bonchev–Trinajstić information content (AvgIpc) is 1.57. The van der Waals surface area contributed by atoms with Crippen molar-refractivity contribution < 1.29 is 39.5 Å². The van der Waals surface area contributed by atoms with Crippen molar-refractivity contribution in [2.24, 2.45) is 14.0 Å². The molecule has 9 heteroatoms. The predicted molar refractivity (Wildman–Crippen MR) is 317 cm³/mol. The molecule has 8 nitrogen and oxygen atoms in total. The molecule has 6 heterocycles. The van der Waals surface area contributed by atoms with Crippen LogP contribution in [0, 0.1) is 25.7 Å². The number of hydrogen-bond acceptors (Lipinski definition) is 4. The van der Waals surface area contributed by atoms with Crippen LogP contribution >= 0.6 is 0 Å². The second kappa shape index (κ2) is 17.6. The van der Waals surface area contributed by atoms with Gasteiger partial charge in [0.05, 0.1) is 33.2 Å². The van der Waals surface area contributed by atoms with E-state index in [1.807, 2.05) is 185 Å². The summed E-state index contributed by atoms with van der Waals surface area (Å²) in [5.74, 6) is 1.39. The molecule has 0 spiro atoms. The number of para-hydroxylation sites is 6. The van der Waals surface area contributed by atoms with Crippen molar-refractivity contribution in [3.8, 4) is 34.1 Å². The molecule has 1 aliphatic rings. The summed E-state index contributed by atoms with van der Waals surface area (Å²) in [7, 11) is 0. The van der Waals surface area contributed by atoms with Crippen molar-refractivity contribution in [1.82, 2.24) is 23.3 Å². The maximum Gasteiger partial charge on any atom is 0.135 e. The zero-order valence-corrected chi connectivity index (χ0v) is 43.7. The van der Waals surface area contributed by atoms with Crippen molar-refractivity contribution >= 4 is 110 Å². The fourth-order valence-electron chi connectivity index (χ4n) is 11.9. The number of fused-ring (bicyclic) bond motifs is 13.